The molecule has 1 fully saturated rings. The van der Waals surface area contributed by atoms with Crippen LogP contribution in [0.2, 0.25) is 0 Å². The average molecular weight is 323 g/mol. The number of rotatable bonds is 5. The topological polar surface area (TPSA) is 82.0 Å². The highest BCUT2D eigenvalue weighted by Crippen LogP contribution is 2.31. The summed E-state index contributed by atoms with van der Waals surface area (Å²) in [5, 5.41) is 15.2. The Balaban J connectivity index is 1.48. The van der Waals surface area contributed by atoms with Crippen LogP contribution in [0.4, 0.5) is 0 Å². The molecule has 2 aliphatic heterocycles. The second-order valence-electron chi connectivity index (χ2n) is 6.01. The van der Waals surface area contributed by atoms with E-state index in [1.54, 1.807) is 11.8 Å². The van der Waals surface area contributed by atoms with Crippen molar-refractivity contribution in [1.82, 2.24) is 10.2 Å². The van der Waals surface area contributed by atoms with Gasteiger partial charge in [-0.15, -0.1) is 0 Å². The molecular weight excluding hydrogens is 302 g/mol. The fourth-order valence-electron chi connectivity index (χ4n) is 3.36. The summed E-state index contributed by atoms with van der Waals surface area (Å²) < 4.78 is 0. The molecule has 7 heteroatoms. The zero-order valence-electron chi connectivity index (χ0n) is 12.5. The number of hydrogen-bond acceptors (Lipinski definition) is 5. The van der Waals surface area contributed by atoms with Crippen LogP contribution < -0.4 is 5.32 Å². The number of aliphatic imine (C=N–C) groups is 1. The van der Waals surface area contributed by atoms with E-state index in [-0.39, 0.29) is 17.7 Å². The highest BCUT2D eigenvalue weighted by atomic mass is 32.2. The number of fused-ring (bicyclic) bond motifs is 1. The van der Waals surface area contributed by atoms with Gasteiger partial charge in [0.05, 0.1) is 18.9 Å². The van der Waals surface area contributed by atoms with Crippen molar-refractivity contribution in [3.05, 3.63) is 11.1 Å². The monoisotopic (exact) mass is 323 g/mol. The van der Waals surface area contributed by atoms with Crippen molar-refractivity contribution in [2.45, 2.75) is 32.1 Å². The Hall–Kier alpha value is -1.50. The zero-order valence-corrected chi connectivity index (χ0v) is 13.3. The standard InChI is InChI=1S/C15H21N3O3S/c19-13(7-11-9-22-15-16-5-6-18(11)15)17-8-10-3-1-2-4-12(10)14(20)21/h9-10,12H,1-8H2,(H,17,19)(H,20,21)/t10-,12-/m0/s1. The number of nitrogens with one attached hydrogen (secondary N) is 1. The van der Waals surface area contributed by atoms with Gasteiger partial charge in [0.15, 0.2) is 5.17 Å². The molecule has 0 aromatic heterocycles. The first-order chi connectivity index (χ1) is 10.6. The van der Waals surface area contributed by atoms with E-state index in [1.165, 1.54) is 0 Å². The largest absolute Gasteiger partial charge is 0.481 e. The van der Waals surface area contributed by atoms with Crippen LogP contribution >= 0.6 is 11.8 Å². The lowest BCUT2D eigenvalue weighted by Crippen LogP contribution is -2.37. The third-order valence-corrected chi connectivity index (χ3v) is 5.53. The number of carbonyl (C=O) groups excluding carboxylic acids is 1. The second-order valence-corrected chi connectivity index (χ2v) is 6.85. The summed E-state index contributed by atoms with van der Waals surface area (Å²) in [5.41, 5.74) is 0.997. The van der Waals surface area contributed by atoms with Gasteiger partial charge in [-0.25, -0.2) is 0 Å². The van der Waals surface area contributed by atoms with Gasteiger partial charge >= 0.3 is 5.97 Å². The van der Waals surface area contributed by atoms with Gasteiger partial charge in [0, 0.05) is 18.8 Å². The summed E-state index contributed by atoms with van der Waals surface area (Å²) in [5.74, 6) is -1.01. The molecule has 0 aromatic carbocycles. The number of nitrogens with zero attached hydrogens (tertiary/aromatic N) is 2. The van der Waals surface area contributed by atoms with Crippen molar-refractivity contribution in [3.8, 4) is 0 Å². The molecular formula is C15H21N3O3S. The van der Waals surface area contributed by atoms with Crippen LogP contribution in [-0.4, -0.2) is 46.7 Å². The number of carbonyl (C=O) groups is 2. The van der Waals surface area contributed by atoms with E-state index in [4.69, 9.17) is 0 Å². The van der Waals surface area contributed by atoms with Gasteiger partial charge in [-0.05, 0) is 24.2 Å². The number of amidine groups is 1. The van der Waals surface area contributed by atoms with Gasteiger partial charge < -0.3 is 15.3 Å². The molecule has 1 aliphatic carbocycles. The Bertz CT molecular complexity index is 532. The maximum atomic E-state index is 12.1. The van der Waals surface area contributed by atoms with Crippen LogP contribution in [0.25, 0.3) is 0 Å². The maximum absolute atomic E-state index is 12.1. The van der Waals surface area contributed by atoms with E-state index in [0.717, 1.165) is 49.6 Å². The summed E-state index contributed by atoms with van der Waals surface area (Å²) in [6.07, 6.45) is 3.99. The lowest BCUT2D eigenvalue weighted by atomic mass is 9.79. The van der Waals surface area contributed by atoms with Gasteiger partial charge in [0.1, 0.15) is 0 Å². The number of thioether (sulfide) groups is 1. The van der Waals surface area contributed by atoms with Crippen molar-refractivity contribution in [1.29, 1.82) is 0 Å². The van der Waals surface area contributed by atoms with E-state index in [9.17, 15) is 14.7 Å². The second kappa shape index (κ2) is 6.73. The first-order valence-corrected chi connectivity index (χ1v) is 8.70. The molecule has 22 heavy (non-hydrogen) atoms. The van der Waals surface area contributed by atoms with E-state index < -0.39 is 5.97 Å². The average Bonchev–Trinajstić information content (AvgIpc) is 3.10. The van der Waals surface area contributed by atoms with Crippen molar-refractivity contribution < 1.29 is 14.7 Å². The quantitative estimate of drug-likeness (QED) is 0.804. The highest BCUT2D eigenvalue weighted by molar-refractivity contribution is 8.16. The summed E-state index contributed by atoms with van der Waals surface area (Å²) in [6.45, 7) is 2.12. The van der Waals surface area contributed by atoms with Crippen LogP contribution in [0, 0.1) is 11.8 Å². The molecule has 2 heterocycles. The molecule has 2 N–H and O–H groups in total. The molecule has 3 aliphatic rings. The molecule has 0 aromatic rings. The number of amides is 1. The van der Waals surface area contributed by atoms with E-state index >= 15 is 0 Å². The Labute approximate surface area is 134 Å². The van der Waals surface area contributed by atoms with Gasteiger partial charge in [-0.2, -0.15) is 0 Å². The van der Waals surface area contributed by atoms with Gasteiger partial charge in [0.2, 0.25) is 5.91 Å². The molecule has 6 nitrogen and oxygen atoms in total. The maximum Gasteiger partial charge on any atom is 0.306 e. The van der Waals surface area contributed by atoms with Crippen LogP contribution in [0.5, 0.6) is 0 Å². The molecule has 0 saturated heterocycles. The molecule has 0 spiro atoms. The molecule has 1 saturated carbocycles. The lowest BCUT2D eigenvalue weighted by molar-refractivity contribution is -0.145. The first kappa shape index (κ1) is 15.4. The molecule has 2 atom stereocenters. The summed E-state index contributed by atoms with van der Waals surface area (Å²) >= 11 is 1.57. The molecule has 3 rings (SSSR count). The Morgan fingerprint density at radius 3 is 3.05 bits per heavy atom. The summed E-state index contributed by atoms with van der Waals surface area (Å²) in [4.78, 5) is 29.8. The van der Waals surface area contributed by atoms with Crippen molar-refractivity contribution >= 4 is 28.8 Å². The molecule has 120 valence electrons. The fourth-order valence-corrected chi connectivity index (χ4v) is 4.32. The van der Waals surface area contributed by atoms with Crippen molar-refractivity contribution in [3.63, 3.8) is 0 Å². The molecule has 0 bridgehead atoms. The Morgan fingerprint density at radius 1 is 1.41 bits per heavy atom. The number of hydrogen-bond donors (Lipinski definition) is 2. The lowest BCUT2D eigenvalue weighted by Gasteiger charge is -2.28. The van der Waals surface area contributed by atoms with Crippen LogP contribution in [0.1, 0.15) is 32.1 Å². The highest BCUT2D eigenvalue weighted by Gasteiger charge is 2.31. The van der Waals surface area contributed by atoms with Gasteiger partial charge in [0.25, 0.3) is 0 Å². The minimum absolute atomic E-state index is 0.0327. The first-order valence-electron chi connectivity index (χ1n) is 7.82. The molecule has 1 amide bonds. The third-order valence-electron chi connectivity index (χ3n) is 4.58. The number of carboxylic acids is 1. The van der Waals surface area contributed by atoms with Crippen molar-refractivity contribution in [2.24, 2.45) is 16.8 Å². The smallest absolute Gasteiger partial charge is 0.306 e. The molecule has 0 unspecified atom stereocenters. The molecule has 0 radical (unpaired) electrons. The third kappa shape index (κ3) is 3.29. The minimum atomic E-state index is -0.730. The normalized spacial score (nSPS) is 27.2. The summed E-state index contributed by atoms with van der Waals surface area (Å²) in [6, 6.07) is 0. The van der Waals surface area contributed by atoms with Gasteiger partial charge in [-0.3, -0.25) is 14.6 Å². The van der Waals surface area contributed by atoms with E-state index in [0.29, 0.717) is 13.0 Å². The Kier molecular flexibility index (Phi) is 4.71. The zero-order chi connectivity index (χ0) is 15.5. The van der Waals surface area contributed by atoms with Crippen molar-refractivity contribution in [2.75, 3.05) is 19.6 Å². The summed E-state index contributed by atoms with van der Waals surface area (Å²) in [7, 11) is 0. The minimum Gasteiger partial charge on any atom is -0.481 e. The SMILES string of the molecule is O=C(CC1=CSC2=NCCN12)NC[C@@H]1CCCC[C@@H]1C(=O)O. The Morgan fingerprint density at radius 2 is 2.23 bits per heavy atom. The van der Waals surface area contributed by atoms with Crippen LogP contribution in [0.3, 0.4) is 0 Å². The number of aliphatic carboxylic acids is 1. The van der Waals surface area contributed by atoms with Crippen LogP contribution in [0.15, 0.2) is 16.1 Å². The fraction of sp³-hybridized carbons (Fsp3) is 0.667. The predicted molar refractivity (Wildman–Crippen MR) is 85.4 cm³/mol. The predicted octanol–water partition coefficient (Wildman–Crippen LogP) is 1.64. The van der Waals surface area contributed by atoms with E-state index in [1.807, 2.05) is 5.41 Å². The van der Waals surface area contributed by atoms with E-state index in [2.05, 4.69) is 15.2 Å². The van der Waals surface area contributed by atoms with Crippen LogP contribution in [-0.2, 0) is 9.59 Å². The number of carboxylic acid groups (broad SMARTS) is 1. The van der Waals surface area contributed by atoms with Gasteiger partial charge in [-0.1, -0.05) is 24.6 Å².